The third-order valence-electron chi connectivity index (χ3n) is 3.60. The molecule has 1 atom stereocenters. The number of carbonyl (C=O) groups excluding carboxylic acids is 1. The van der Waals surface area contributed by atoms with Crippen LogP contribution in [0.3, 0.4) is 0 Å². The summed E-state index contributed by atoms with van der Waals surface area (Å²) >= 11 is 5.56. The molecule has 2 saturated heterocycles. The molecule has 0 aromatic carbocycles. The van der Waals surface area contributed by atoms with Crippen molar-refractivity contribution in [1.29, 1.82) is 0 Å². The van der Waals surface area contributed by atoms with E-state index in [1.807, 2.05) is 0 Å². The highest BCUT2D eigenvalue weighted by Crippen LogP contribution is 2.38. The van der Waals surface area contributed by atoms with Gasteiger partial charge in [-0.2, -0.15) is 0 Å². The van der Waals surface area contributed by atoms with Crippen LogP contribution in [0.15, 0.2) is 0 Å². The average molecular weight is 266 g/mol. The summed E-state index contributed by atoms with van der Waals surface area (Å²) in [5.74, 6) is 0.207. The molecule has 4 nitrogen and oxygen atoms in total. The minimum Gasteiger partial charge on any atom is -0.335 e. The number of halogens is 1. The molecule has 0 aromatic heterocycles. The van der Waals surface area contributed by atoms with Crippen LogP contribution in [-0.4, -0.2) is 48.7 Å². The number of amides is 1. The third kappa shape index (κ3) is 2.07. The fraction of sp³-hybridized carbons (Fsp3) is 0.900. The second-order valence-electron chi connectivity index (χ2n) is 4.70. The van der Waals surface area contributed by atoms with Crippen molar-refractivity contribution in [2.75, 3.05) is 23.9 Å². The van der Waals surface area contributed by atoms with Gasteiger partial charge in [0.15, 0.2) is 9.84 Å². The van der Waals surface area contributed by atoms with Gasteiger partial charge in [0.2, 0.25) is 5.91 Å². The van der Waals surface area contributed by atoms with Crippen LogP contribution in [0.1, 0.15) is 25.7 Å². The number of hydrogen-bond acceptors (Lipinski definition) is 3. The van der Waals surface area contributed by atoms with Crippen LogP contribution < -0.4 is 0 Å². The van der Waals surface area contributed by atoms with Gasteiger partial charge in [-0.3, -0.25) is 4.79 Å². The Kier molecular flexibility index (Phi) is 3.18. The van der Waals surface area contributed by atoms with E-state index in [0.717, 1.165) is 19.3 Å². The zero-order chi connectivity index (χ0) is 11.8. The Morgan fingerprint density at radius 3 is 2.62 bits per heavy atom. The lowest BCUT2D eigenvalue weighted by atomic mass is 9.92. The van der Waals surface area contributed by atoms with Gasteiger partial charge in [-0.25, -0.2) is 8.42 Å². The van der Waals surface area contributed by atoms with Crippen molar-refractivity contribution >= 4 is 27.3 Å². The normalized spacial score (nSPS) is 33.2. The maximum absolute atomic E-state index is 11.7. The van der Waals surface area contributed by atoms with Crippen molar-refractivity contribution in [3.05, 3.63) is 0 Å². The van der Waals surface area contributed by atoms with Gasteiger partial charge in [0.25, 0.3) is 0 Å². The molecule has 1 amide bonds. The molecule has 0 N–H and O–H groups in total. The Hall–Kier alpha value is -0.290. The second kappa shape index (κ2) is 4.18. The topological polar surface area (TPSA) is 54.5 Å². The number of sulfone groups is 1. The first-order valence-corrected chi connectivity index (χ1v) is 7.92. The number of likely N-dealkylation sites (tertiary alicyclic amines) is 1. The molecule has 2 fully saturated rings. The Bertz CT molecular complexity index is 395. The molecular weight excluding hydrogens is 250 g/mol. The molecule has 1 unspecified atom stereocenters. The van der Waals surface area contributed by atoms with E-state index in [4.69, 9.17) is 11.6 Å². The van der Waals surface area contributed by atoms with Crippen LogP contribution in [0, 0.1) is 0 Å². The van der Waals surface area contributed by atoms with E-state index >= 15 is 0 Å². The van der Waals surface area contributed by atoms with E-state index in [1.165, 1.54) is 0 Å². The molecular formula is C10H16ClNO3S. The summed E-state index contributed by atoms with van der Waals surface area (Å²) in [5.41, 5.74) is -0.441. The lowest BCUT2D eigenvalue weighted by molar-refractivity contribution is -0.132. The van der Waals surface area contributed by atoms with Gasteiger partial charge in [0.1, 0.15) is 5.88 Å². The Morgan fingerprint density at radius 2 is 2.00 bits per heavy atom. The largest absolute Gasteiger partial charge is 0.335 e. The molecule has 6 heteroatoms. The van der Waals surface area contributed by atoms with Crippen molar-refractivity contribution in [2.45, 2.75) is 31.2 Å². The van der Waals surface area contributed by atoms with Crippen LogP contribution >= 0.6 is 11.6 Å². The predicted molar refractivity (Wildman–Crippen MR) is 62.3 cm³/mol. The number of alkyl halides is 1. The van der Waals surface area contributed by atoms with Crippen molar-refractivity contribution in [3.63, 3.8) is 0 Å². The maximum atomic E-state index is 11.7. The van der Waals surface area contributed by atoms with E-state index in [1.54, 1.807) is 4.90 Å². The van der Waals surface area contributed by atoms with Gasteiger partial charge in [-0.15, -0.1) is 11.6 Å². The van der Waals surface area contributed by atoms with E-state index in [9.17, 15) is 13.2 Å². The molecule has 2 rings (SSSR count). The quantitative estimate of drug-likeness (QED) is 0.659. The fourth-order valence-electron chi connectivity index (χ4n) is 2.98. The molecule has 0 bridgehead atoms. The molecule has 0 radical (unpaired) electrons. The van der Waals surface area contributed by atoms with E-state index in [2.05, 4.69) is 0 Å². The average Bonchev–Trinajstić information content (AvgIpc) is 2.58. The Balaban J connectivity index is 2.26. The van der Waals surface area contributed by atoms with Crippen molar-refractivity contribution in [1.82, 2.24) is 4.90 Å². The summed E-state index contributed by atoms with van der Waals surface area (Å²) in [6.07, 6.45) is 3.15. The van der Waals surface area contributed by atoms with Gasteiger partial charge in [-0.05, 0) is 25.7 Å². The third-order valence-corrected chi connectivity index (χ3v) is 5.71. The van der Waals surface area contributed by atoms with Gasteiger partial charge in [0.05, 0.1) is 17.0 Å². The van der Waals surface area contributed by atoms with Crippen LogP contribution in [0.25, 0.3) is 0 Å². The summed E-state index contributed by atoms with van der Waals surface area (Å²) in [7, 11) is -2.99. The highest BCUT2D eigenvalue weighted by molar-refractivity contribution is 7.91. The number of nitrogens with zero attached hydrogens (tertiary/aromatic N) is 1. The summed E-state index contributed by atoms with van der Waals surface area (Å²) in [6.45, 7) is 0.654. The summed E-state index contributed by atoms with van der Waals surface area (Å²) in [6, 6.07) is 0. The van der Waals surface area contributed by atoms with E-state index in [-0.39, 0.29) is 23.3 Å². The summed E-state index contributed by atoms with van der Waals surface area (Å²) < 4.78 is 23.4. The summed E-state index contributed by atoms with van der Waals surface area (Å²) in [4.78, 5) is 13.4. The molecule has 0 saturated carbocycles. The van der Waals surface area contributed by atoms with Gasteiger partial charge in [-0.1, -0.05) is 0 Å². The van der Waals surface area contributed by atoms with Crippen molar-refractivity contribution in [3.8, 4) is 0 Å². The van der Waals surface area contributed by atoms with Gasteiger partial charge >= 0.3 is 0 Å². The molecule has 1 spiro atoms. The lowest BCUT2D eigenvalue weighted by Crippen LogP contribution is -2.54. The van der Waals surface area contributed by atoms with Gasteiger partial charge < -0.3 is 4.90 Å². The predicted octanol–water partition coefficient (Wildman–Crippen LogP) is 0.795. The fourth-order valence-corrected chi connectivity index (χ4v) is 5.12. The molecule has 0 aliphatic carbocycles. The number of rotatable bonds is 1. The van der Waals surface area contributed by atoms with Crippen molar-refractivity contribution in [2.24, 2.45) is 0 Å². The monoisotopic (exact) mass is 265 g/mol. The maximum Gasteiger partial charge on any atom is 0.237 e. The minimum atomic E-state index is -2.99. The minimum absolute atomic E-state index is 0.0538. The molecule has 2 heterocycles. The second-order valence-corrected chi connectivity index (χ2v) is 7.15. The zero-order valence-corrected chi connectivity index (χ0v) is 10.7. The molecule has 92 valence electrons. The first-order chi connectivity index (χ1) is 7.49. The SMILES string of the molecule is O=C(CCl)N1CCCC12CCCS(=O)(=O)C2. The van der Waals surface area contributed by atoms with E-state index < -0.39 is 15.4 Å². The highest BCUT2D eigenvalue weighted by atomic mass is 35.5. The lowest BCUT2D eigenvalue weighted by Gasteiger charge is -2.40. The number of hydrogen-bond donors (Lipinski definition) is 0. The zero-order valence-electron chi connectivity index (χ0n) is 9.12. The molecule has 2 aliphatic heterocycles. The van der Waals surface area contributed by atoms with Crippen LogP contribution in [0.2, 0.25) is 0 Å². The molecule has 0 aromatic rings. The summed E-state index contributed by atoms with van der Waals surface area (Å²) in [5, 5.41) is 0. The molecule has 2 aliphatic rings. The van der Waals surface area contributed by atoms with Gasteiger partial charge in [0, 0.05) is 6.54 Å². The first-order valence-electron chi connectivity index (χ1n) is 5.56. The molecule has 16 heavy (non-hydrogen) atoms. The van der Waals surface area contributed by atoms with Crippen LogP contribution in [0.4, 0.5) is 0 Å². The van der Waals surface area contributed by atoms with E-state index in [0.29, 0.717) is 13.0 Å². The Labute approximate surface area is 101 Å². The van der Waals surface area contributed by atoms with Crippen LogP contribution in [0.5, 0.6) is 0 Å². The number of carbonyl (C=O) groups is 1. The van der Waals surface area contributed by atoms with Crippen molar-refractivity contribution < 1.29 is 13.2 Å². The smallest absolute Gasteiger partial charge is 0.237 e. The highest BCUT2D eigenvalue weighted by Gasteiger charge is 2.47. The first kappa shape index (κ1) is 12.2. The standard InChI is InChI=1S/C10H16ClNO3S/c11-7-9(13)12-5-1-3-10(12)4-2-6-16(14,15)8-10/h1-8H2. The van der Waals surface area contributed by atoms with Crippen LogP contribution in [-0.2, 0) is 14.6 Å². The Morgan fingerprint density at radius 1 is 1.31 bits per heavy atom.